The van der Waals surface area contributed by atoms with Crippen LogP contribution in [0.15, 0.2) is 18.2 Å². The molecule has 6 heteroatoms. The molecule has 2 N–H and O–H groups in total. The van der Waals surface area contributed by atoms with Gasteiger partial charge in [0.2, 0.25) is 5.91 Å². The van der Waals surface area contributed by atoms with Gasteiger partial charge in [-0.1, -0.05) is 0 Å². The highest BCUT2D eigenvalue weighted by Gasteiger charge is 2.18. The molecule has 20 heavy (non-hydrogen) atoms. The van der Waals surface area contributed by atoms with Crippen LogP contribution in [0.2, 0.25) is 0 Å². The molecule has 2 rings (SSSR count). The molecule has 0 radical (unpaired) electrons. The topological polar surface area (TPSA) is 75.6 Å². The van der Waals surface area contributed by atoms with Crippen LogP contribution in [0.1, 0.15) is 36.0 Å². The fraction of sp³-hybridized carbons (Fsp3) is 0.429. The number of amides is 1. The maximum absolute atomic E-state index is 13.6. The first-order chi connectivity index (χ1) is 9.56. The number of rotatable bonds is 4. The lowest BCUT2D eigenvalue weighted by Gasteiger charge is -2.22. The molecule has 108 valence electrons. The largest absolute Gasteiger partial charge is 0.478 e. The van der Waals surface area contributed by atoms with E-state index in [4.69, 9.17) is 9.84 Å². The molecule has 1 aromatic rings. The Balaban J connectivity index is 1.95. The first kappa shape index (κ1) is 14.5. The molecular formula is C14H16FNO4. The van der Waals surface area contributed by atoms with Crippen LogP contribution in [-0.2, 0) is 9.53 Å². The number of benzene rings is 1. The van der Waals surface area contributed by atoms with E-state index in [9.17, 15) is 14.0 Å². The fourth-order valence-corrected chi connectivity index (χ4v) is 2.13. The summed E-state index contributed by atoms with van der Waals surface area (Å²) in [6, 6.07) is 3.38. The second-order valence-corrected chi connectivity index (χ2v) is 4.74. The highest BCUT2D eigenvalue weighted by atomic mass is 19.1. The monoisotopic (exact) mass is 281 g/mol. The van der Waals surface area contributed by atoms with Gasteiger partial charge in [0.25, 0.3) is 0 Å². The lowest BCUT2D eigenvalue weighted by atomic mass is 10.1. The number of ether oxygens (including phenoxy) is 1. The molecule has 0 aliphatic carbocycles. The Hall–Kier alpha value is -1.95. The van der Waals surface area contributed by atoms with Crippen LogP contribution in [-0.4, -0.2) is 29.7 Å². The number of carboxylic acid groups (broad SMARTS) is 1. The van der Waals surface area contributed by atoms with Crippen molar-refractivity contribution < 1.29 is 23.8 Å². The summed E-state index contributed by atoms with van der Waals surface area (Å²) in [4.78, 5) is 22.5. The summed E-state index contributed by atoms with van der Waals surface area (Å²) in [7, 11) is 0. The summed E-state index contributed by atoms with van der Waals surface area (Å²) in [5.74, 6) is -2.31. The number of carboxylic acids is 1. The van der Waals surface area contributed by atoms with Gasteiger partial charge in [0.1, 0.15) is 5.82 Å². The van der Waals surface area contributed by atoms with Gasteiger partial charge >= 0.3 is 5.97 Å². The number of nitrogens with one attached hydrogen (secondary N) is 1. The lowest BCUT2D eigenvalue weighted by molar-refractivity contribution is -0.119. The van der Waals surface area contributed by atoms with Gasteiger partial charge in [-0.3, -0.25) is 4.79 Å². The molecule has 1 aromatic carbocycles. The number of halogens is 1. The number of anilines is 1. The SMILES string of the molecule is O=C(C[C@H]1CCCCO1)Nc1ccc(C(=O)O)cc1F. The molecule has 0 unspecified atom stereocenters. The molecular weight excluding hydrogens is 265 g/mol. The molecule has 1 saturated heterocycles. The molecule has 0 aromatic heterocycles. The molecule has 0 saturated carbocycles. The first-order valence-corrected chi connectivity index (χ1v) is 6.50. The summed E-state index contributed by atoms with van der Waals surface area (Å²) in [5, 5.41) is 11.2. The molecule has 1 aliphatic heterocycles. The average Bonchev–Trinajstić information content (AvgIpc) is 2.42. The van der Waals surface area contributed by atoms with E-state index < -0.39 is 11.8 Å². The Morgan fingerprint density at radius 1 is 1.40 bits per heavy atom. The van der Waals surface area contributed by atoms with Crippen LogP contribution in [0.5, 0.6) is 0 Å². The molecule has 1 atom stereocenters. The van der Waals surface area contributed by atoms with Gasteiger partial charge in [-0.05, 0) is 37.5 Å². The highest BCUT2D eigenvalue weighted by molar-refractivity contribution is 5.92. The van der Waals surface area contributed by atoms with Crippen molar-refractivity contribution in [3.63, 3.8) is 0 Å². The normalized spacial score (nSPS) is 18.6. The molecule has 1 fully saturated rings. The standard InChI is InChI=1S/C14H16FNO4/c15-11-7-9(14(18)19)4-5-12(11)16-13(17)8-10-3-1-2-6-20-10/h4-5,7,10H,1-3,6,8H2,(H,16,17)(H,18,19)/t10-/m1/s1. The second-order valence-electron chi connectivity index (χ2n) is 4.74. The fourth-order valence-electron chi connectivity index (χ4n) is 2.13. The Labute approximate surface area is 115 Å². The molecule has 1 heterocycles. The summed E-state index contributed by atoms with van der Waals surface area (Å²) >= 11 is 0. The van der Waals surface area contributed by atoms with Crippen molar-refractivity contribution in [3.8, 4) is 0 Å². The first-order valence-electron chi connectivity index (χ1n) is 6.50. The number of carbonyl (C=O) groups excluding carboxylic acids is 1. The zero-order chi connectivity index (χ0) is 14.5. The quantitative estimate of drug-likeness (QED) is 0.888. The third-order valence-electron chi connectivity index (χ3n) is 3.18. The molecule has 0 bridgehead atoms. The van der Waals surface area contributed by atoms with Gasteiger partial charge in [0.15, 0.2) is 0 Å². The average molecular weight is 281 g/mol. The minimum absolute atomic E-state index is 0.0178. The van der Waals surface area contributed by atoms with Crippen molar-refractivity contribution >= 4 is 17.6 Å². The smallest absolute Gasteiger partial charge is 0.335 e. The highest BCUT2D eigenvalue weighted by Crippen LogP contribution is 2.19. The van der Waals surface area contributed by atoms with Crippen LogP contribution in [0.25, 0.3) is 0 Å². The molecule has 1 aliphatic rings. The predicted octanol–water partition coefficient (Wildman–Crippen LogP) is 2.42. The van der Waals surface area contributed by atoms with Crippen LogP contribution < -0.4 is 5.32 Å². The van der Waals surface area contributed by atoms with Crippen LogP contribution >= 0.6 is 0 Å². The van der Waals surface area contributed by atoms with Crippen molar-refractivity contribution in [2.24, 2.45) is 0 Å². The van der Waals surface area contributed by atoms with E-state index >= 15 is 0 Å². The molecule has 5 nitrogen and oxygen atoms in total. The van der Waals surface area contributed by atoms with Gasteiger partial charge in [-0.15, -0.1) is 0 Å². The molecule has 1 amide bonds. The van der Waals surface area contributed by atoms with Gasteiger partial charge < -0.3 is 15.2 Å². The number of hydrogen-bond donors (Lipinski definition) is 2. The van der Waals surface area contributed by atoms with E-state index in [1.165, 1.54) is 12.1 Å². The zero-order valence-electron chi connectivity index (χ0n) is 10.9. The van der Waals surface area contributed by atoms with E-state index in [-0.39, 0.29) is 29.7 Å². The Bertz CT molecular complexity index is 512. The van der Waals surface area contributed by atoms with Gasteiger partial charge in [0, 0.05) is 6.61 Å². The third kappa shape index (κ3) is 3.77. The van der Waals surface area contributed by atoms with Crippen molar-refractivity contribution in [2.45, 2.75) is 31.8 Å². The van der Waals surface area contributed by atoms with Gasteiger partial charge in [-0.2, -0.15) is 0 Å². The lowest BCUT2D eigenvalue weighted by Crippen LogP contribution is -2.25. The second kappa shape index (κ2) is 6.47. The van der Waals surface area contributed by atoms with Crippen molar-refractivity contribution in [3.05, 3.63) is 29.6 Å². The Kier molecular flexibility index (Phi) is 4.68. The maximum atomic E-state index is 13.6. The van der Waals surface area contributed by atoms with Crippen molar-refractivity contribution in [2.75, 3.05) is 11.9 Å². The van der Waals surface area contributed by atoms with Crippen LogP contribution in [0.4, 0.5) is 10.1 Å². The summed E-state index contributed by atoms with van der Waals surface area (Å²) in [5.41, 5.74) is -0.174. The van der Waals surface area contributed by atoms with Crippen molar-refractivity contribution in [1.29, 1.82) is 0 Å². The van der Waals surface area contributed by atoms with Gasteiger partial charge in [-0.25, -0.2) is 9.18 Å². The maximum Gasteiger partial charge on any atom is 0.335 e. The minimum atomic E-state index is -1.21. The summed E-state index contributed by atoms with van der Waals surface area (Å²) in [6.07, 6.45) is 2.92. The third-order valence-corrected chi connectivity index (χ3v) is 3.18. The minimum Gasteiger partial charge on any atom is -0.478 e. The predicted molar refractivity (Wildman–Crippen MR) is 70.2 cm³/mol. The van der Waals surface area contributed by atoms with E-state index in [1.807, 2.05) is 0 Å². The van der Waals surface area contributed by atoms with Gasteiger partial charge in [0.05, 0.1) is 23.8 Å². The Morgan fingerprint density at radius 2 is 2.20 bits per heavy atom. The van der Waals surface area contributed by atoms with E-state index in [2.05, 4.69) is 5.32 Å². The summed E-state index contributed by atoms with van der Waals surface area (Å²) in [6.45, 7) is 0.652. The molecule has 0 spiro atoms. The van der Waals surface area contributed by atoms with Crippen molar-refractivity contribution in [1.82, 2.24) is 0 Å². The number of carbonyl (C=O) groups is 2. The van der Waals surface area contributed by atoms with E-state index in [1.54, 1.807) is 0 Å². The Morgan fingerprint density at radius 3 is 2.80 bits per heavy atom. The summed E-state index contributed by atoms with van der Waals surface area (Å²) < 4.78 is 19.1. The number of aromatic carboxylic acids is 1. The van der Waals surface area contributed by atoms with E-state index in [0.29, 0.717) is 6.61 Å². The van der Waals surface area contributed by atoms with Crippen LogP contribution in [0.3, 0.4) is 0 Å². The van der Waals surface area contributed by atoms with E-state index in [0.717, 1.165) is 25.3 Å². The van der Waals surface area contributed by atoms with Crippen LogP contribution in [0, 0.1) is 5.82 Å². The zero-order valence-corrected chi connectivity index (χ0v) is 10.9. The number of hydrogen-bond acceptors (Lipinski definition) is 3.